The average molecular weight is 610 g/mol. The molecule has 0 saturated carbocycles. The molecule has 0 bridgehead atoms. The van der Waals surface area contributed by atoms with Crippen LogP contribution >= 0.6 is 0 Å². The maximum Gasteiger partial charge on any atom is 0.201 e. The fraction of sp³-hybridized carbons (Fsp3) is 0.342. The summed E-state index contributed by atoms with van der Waals surface area (Å²) in [7, 11) is 0. The van der Waals surface area contributed by atoms with E-state index in [1.807, 2.05) is 56.3 Å². The van der Waals surface area contributed by atoms with Crippen LogP contribution in [0.2, 0.25) is 0 Å². The van der Waals surface area contributed by atoms with Crippen LogP contribution in [0.15, 0.2) is 65.8 Å². The van der Waals surface area contributed by atoms with E-state index in [4.69, 9.17) is 21.6 Å². The summed E-state index contributed by atoms with van der Waals surface area (Å²) in [6.45, 7) is 6.07. The lowest BCUT2D eigenvalue weighted by Crippen LogP contribution is -2.16. The first-order valence-corrected chi connectivity index (χ1v) is 15.7. The summed E-state index contributed by atoms with van der Waals surface area (Å²) >= 11 is 0. The van der Waals surface area contributed by atoms with Crippen molar-refractivity contribution in [2.75, 3.05) is 11.9 Å². The second-order valence-electron chi connectivity index (χ2n) is 11.4. The van der Waals surface area contributed by atoms with Gasteiger partial charge in [-0.2, -0.15) is 4.39 Å². The van der Waals surface area contributed by atoms with Crippen LogP contribution in [0.3, 0.4) is 0 Å². The van der Waals surface area contributed by atoms with Gasteiger partial charge in [-0.25, -0.2) is 9.38 Å². The maximum atomic E-state index is 15.0. The fourth-order valence-electron chi connectivity index (χ4n) is 5.50. The van der Waals surface area contributed by atoms with Gasteiger partial charge in [0.15, 0.2) is 17.3 Å². The second kappa shape index (κ2) is 15.9. The molecular formula is C38H41F2N3O2. The molecule has 0 amide bonds. The predicted molar refractivity (Wildman–Crippen MR) is 178 cm³/mol. The Hall–Kier alpha value is -4.57. The number of rotatable bonds is 14. The Morgan fingerprint density at radius 2 is 1.89 bits per heavy atom. The van der Waals surface area contributed by atoms with Crippen LogP contribution in [0.5, 0.6) is 5.75 Å². The van der Waals surface area contributed by atoms with Crippen molar-refractivity contribution in [2.24, 2.45) is 10.9 Å². The number of carbonyl (C=O) groups excluding carboxylic acids is 1. The number of ether oxygens (including phenoxy) is 1. The Labute approximate surface area is 265 Å². The molecule has 3 aromatic carbocycles. The van der Waals surface area contributed by atoms with Crippen molar-refractivity contribution in [2.45, 2.75) is 72.1 Å². The van der Waals surface area contributed by atoms with Crippen LogP contribution in [0, 0.1) is 35.3 Å². The summed E-state index contributed by atoms with van der Waals surface area (Å²) in [6.07, 6.45) is 13.5. The lowest BCUT2D eigenvalue weighted by molar-refractivity contribution is 0.0998. The maximum absolute atomic E-state index is 15.0. The van der Waals surface area contributed by atoms with Gasteiger partial charge < -0.3 is 15.5 Å². The minimum absolute atomic E-state index is 0.0362. The minimum Gasteiger partial charge on any atom is -0.478 e. The van der Waals surface area contributed by atoms with Crippen molar-refractivity contribution in [1.82, 2.24) is 0 Å². The van der Waals surface area contributed by atoms with Crippen LogP contribution in [0.4, 0.5) is 20.2 Å². The molecule has 2 N–H and O–H groups in total. The summed E-state index contributed by atoms with van der Waals surface area (Å²) in [5.74, 6) is 0.00760. The highest BCUT2D eigenvalue weighted by Gasteiger charge is 2.21. The van der Waals surface area contributed by atoms with E-state index in [0.29, 0.717) is 40.7 Å². The van der Waals surface area contributed by atoms with Gasteiger partial charge in [0.2, 0.25) is 5.82 Å². The van der Waals surface area contributed by atoms with Crippen LogP contribution in [-0.4, -0.2) is 18.1 Å². The van der Waals surface area contributed by atoms with Gasteiger partial charge in [0.1, 0.15) is 6.61 Å². The zero-order chi connectivity index (χ0) is 32.3. The molecular weight excluding hydrogens is 568 g/mol. The number of fused-ring (bicyclic) bond motifs is 1. The topological polar surface area (TPSA) is 74.5 Å². The normalized spacial score (nSPS) is 13.2. The molecule has 4 rings (SSSR count). The molecule has 0 unspecified atom stereocenters. The summed E-state index contributed by atoms with van der Waals surface area (Å²) in [5, 5.41) is 12.4. The third-order valence-corrected chi connectivity index (χ3v) is 8.17. The minimum atomic E-state index is -1.08. The molecule has 5 nitrogen and oxygen atoms in total. The highest BCUT2D eigenvalue weighted by Crippen LogP contribution is 2.32. The van der Waals surface area contributed by atoms with Crippen molar-refractivity contribution in [3.05, 3.63) is 100 Å². The smallest absolute Gasteiger partial charge is 0.201 e. The molecule has 3 aromatic rings. The van der Waals surface area contributed by atoms with Gasteiger partial charge >= 0.3 is 0 Å². The summed E-state index contributed by atoms with van der Waals surface area (Å²) in [4.78, 5) is 18.1. The van der Waals surface area contributed by atoms with E-state index in [0.717, 1.165) is 29.7 Å². The van der Waals surface area contributed by atoms with E-state index in [2.05, 4.69) is 18.2 Å². The molecule has 0 saturated heterocycles. The number of unbranched alkanes of at least 4 members (excludes halogenated alkanes) is 3. The number of Topliss-reactive ketones (excluding diaryl/α,β-unsaturated/α-hetero) is 1. The van der Waals surface area contributed by atoms with E-state index in [9.17, 15) is 9.18 Å². The van der Waals surface area contributed by atoms with Crippen molar-refractivity contribution >= 4 is 28.4 Å². The largest absolute Gasteiger partial charge is 0.478 e. The molecule has 1 aliphatic heterocycles. The van der Waals surface area contributed by atoms with Crippen molar-refractivity contribution < 1.29 is 18.3 Å². The number of nitrogens with zero attached hydrogens (tertiary/aromatic N) is 1. The highest BCUT2D eigenvalue weighted by molar-refractivity contribution is 6.10. The highest BCUT2D eigenvalue weighted by atomic mass is 19.2. The number of carbonyl (C=O) groups is 1. The van der Waals surface area contributed by atoms with E-state index in [1.165, 1.54) is 31.4 Å². The molecule has 7 heteroatoms. The quantitative estimate of drug-likeness (QED) is 0.0829. The summed E-state index contributed by atoms with van der Waals surface area (Å²) < 4.78 is 34.8. The Kier molecular flexibility index (Phi) is 11.8. The van der Waals surface area contributed by atoms with Gasteiger partial charge in [0.05, 0.1) is 16.7 Å². The van der Waals surface area contributed by atoms with Gasteiger partial charge in [-0.1, -0.05) is 70.6 Å². The number of ketones is 1. The van der Waals surface area contributed by atoms with E-state index in [1.54, 1.807) is 6.20 Å². The monoisotopic (exact) mass is 609 g/mol. The van der Waals surface area contributed by atoms with E-state index >= 15 is 4.39 Å². The van der Waals surface area contributed by atoms with Crippen LogP contribution in [0.25, 0.3) is 5.57 Å². The van der Waals surface area contributed by atoms with Gasteiger partial charge in [-0.05, 0) is 71.9 Å². The fourth-order valence-corrected chi connectivity index (χ4v) is 5.50. The van der Waals surface area contributed by atoms with Crippen LogP contribution < -0.4 is 15.4 Å². The molecule has 0 radical (unpaired) electrons. The molecule has 0 spiro atoms. The predicted octanol–water partition coefficient (Wildman–Crippen LogP) is 8.98. The van der Waals surface area contributed by atoms with Gasteiger partial charge in [0, 0.05) is 35.9 Å². The van der Waals surface area contributed by atoms with Gasteiger partial charge in [-0.15, -0.1) is 6.42 Å². The Balaban J connectivity index is 1.55. The lowest BCUT2D eigenvalue weighted by atomic mass is 9.91. The SMILES string of the molecule is C#CCOc1ccc(C2=CNc3c(ccccc3=Nc3ccc(C(=O)CC(=N)[C@@H](C)CCCCCC)c(CC)c3)C2)c(F)c1F. The molecule has 234 valence electrons. The number of anilines is 1. The number of hydrogen-bond donors (Lipinski definition) is 2. The number of terminal acetylenes is 1. The van der Waals surface area contributed by atoms with Gasteiger partial charge in [-0.3, -0.25) is 4.79 Å². The van der Waals surface area contributed by atoms with Crippen LogP contribution in [0.1, 0.15) is 86.3 Å². The first-order valence-electron chi connectivity index (χ1n) is 15.7. The van der Waals surface area contributed by atoms with E-state index < -0.39 is 11.6 Å². The number of nitrogens with one attached hydrogen (secondary N) is 2. The Morgan fingerprint density at radius 1 is 1.09 bits per heavy atom. The molecule has 0 aliphatic carbocycles. The summed E-state index contributed by atoms with van der Waals surface area (Å²) in [5.41, 5.74) is 5.06. The van der Waals surface area contributed by atoms with Gasteiger partial charge in [0.25, 0.3) is 0 Å². The standard InChI is InChI=1S/C38H41F2N3O2/c1-5-8-9-10-13-25(4)32(41)23-34(44)30-17-16-29(22-26(30)7-3)43-33-15-12-11-14-27-21-28(24-42-38(27)33)31-18-19-35(45-20-6-2)37(40)36(31)39/h2,11-12,14-19,22,24-25,41-42H,5,7-10,13,20-21,23H2,1,3-4H3/t25-/m0/s1. The Bertz CT molecular complexity index is 1700. The number of hydrogen-bond acceptors (Lipinski definition) is 5. The average Bonchev–Trinajstić information content (AvgIpc) is 3.25. The van der Waals surface area contributed by atoms with Crippen molar-refractivity contribution in [3.8, 4) is 18.1 Å². The molecule has 0 fully saturated rings. The second-order valence-corrected chi connectivity index (χ2v) is 11.4. The molecule has 45 heavy (non-hydrogen) atoms. The number of allylic oxidation sites excluding steroid dienone is 1. The van der Waals surface area contributed by atoms with Crippen molar-refractivity contribution in [1.29, 1.82) is 5.41 Å². The first-order chi connectivity index (χ1) is 21.8. The van der Waals surface area contributed by atoms with E-state index in [-0.39, 0.29) is 36.0 Å². The molecule has 1 heterocycles. The van der Waals surface area contributed by atoms with Crippen molar-refractivity contribution in [3.63, 3.8) is 0 Å². The first kappa shape index (κ1) is 33.3. The Morgan fingerprint density at radius 3 is 2.64 bits per heavy atom. The third-order valence-electron chi connectivity index (χ3n) is 8.17. The number of halogens is 2. The molecule has 0 aromatic heterocycles. The zero-order valence-electron chi connectivity index (χ0n) is 26.3. The van der Waals surface area contributed by atoms with Crippen LogP contribution in [-0.2, 0) is 12.8 Å². The summed E-state index contributed by atoms with van der Waals surface area (Å²) in [6, 6.07) is 16.0. The lowest BCUT2D eigenvalue weighted by Gasteiger charge is -2.18. The number of aryl methyl sites for hydroxylation is 1. The zero-order valence-corrected chi connectivity index (χ0v) is 26.3. The third kappa shape index (κ3) is 8.33. The molecule has 1 atom stereocenters. The number of benzene rings is 2. The molecule has 1 aliphatic rings.